The minimum atomic E-state index is -0.900. The summed E-state index contributed by atoms with van der Waals surface area (Å²) in [5, 5.41) is 24.6. The van der Waals surface area contributed by atoms with Gasteiger partial charge in [-0.25, -0.2) is 4.98 Å². The van der Waals surface area contributed by atoms with E-state index in [9.17, 15) is 24.3 Å². The third kappa shape index (κ3) is 15.3. The molecule has 1 aliphatic heterocycles. The van der Waals surface area contributed by atoms with Crippen molar-refractivity contribution in [1.29, 1.82) is 0 Å². The molecule has 0 aliphatic carbocycles. The molecule has 3 atom stereocenters. The van der Waals surface area contributed by atoms with Gasteiger partial charge >= 0.3 is 5.97 Å². The molecule has 2 aromatic rings. The number of ether oxygens (including phenoxy) is 5. The number of β-amino-alcohol motifs (C(OH)–C–C–N with tert-alkyl or cyclic N) is 1. The van der Waals surface area contributed by atoms with E-state index in [1.165, 1.54) is 4.90 Å². The summed E-state index contributed by atoms with van der Waals surface area (Å²) in [6.45, 7) is 8.97. The van der Waals surface area contributed by atoms with Gasteiger partial charge in [-0.2, -0.15) is 0 Å². The van der Waals surface area contributed by atoms with Crippen LogP contribution in [0, 0.1) is 12.8 Å². The molecule has 1 aromatic heterocycles. The summed E-state index contributed by atoms with van der Waals surface area (Å²) in [6, 6.07) is 6.13. The molecule has 0 bridgehead atoms. The minimum absolute atomic E-state index is 0.00778. The molecule has 3 amide bonds. The number of aryl methyl sites for hydroxylation is 1. The second-order valence-corrected chi connectivity index (χ2v) is 13.2. The number of likely N-dealkylation sites (tertiary alicyclic amines) is 1. The Balaban J connectivity index is 1.29. The van der Waals surface area contributed by atoms with Gasteiger partial charge in [0.2, 0.25) is 17.7 Å². The third-order valence-corrected chi connectivity index (χ3v) is 8.94. The lowest BCUT2D eigenvalue weighted by atomic mass is 10.0. The van der Waals surface area contributed by atoms with E-state index in [1.807, 2.05) is 50.5 Å². The highest BCUT2D eigenvalue weighted by molar-refractivity contribution is 7.13. The van der Waals surface area contributed by atoms with Crippen molar-refractivity contribution in [2.24, 2.45) is 5.92 Å². The van der Waals surface area contributed by atoms with E-state index in [0.717, 1.165) is 21.7 Å². The van der Waals surface area contributed by atoms with E-state index < -0.39 is 30.1 Å². The molecule has 0 saturated carbocycles. The number of benzene rings is 1. The van der Waals surface area contributed by atoms with E-state index in [1.54, 1.807) is 11.3 Å². The van der Waals surface area contributed by atoms with Crippen LogP contribution < -0.4 is 10.6 Å². The molecule has 1 aromatic carbocycles. The first kappa shape index (κ1) is 41.9. The topological polar surface area (TPSA) is 195 Å². The van der Waals surface area contributed by atoms with Gasteiger partial charge in [-0.15, -0.1) is 11.3 Å². The maximum atomic E-state index is 13.6. The second-order valence-electron chi connectivity index (χ2n) is 12.3. The molecular formula is C35H52N4O11S. The molecular weight excluding hydrogens is 684 g/mol. The molecule has 51 heavy (non-hydrogen) atoms. The Kier molecular flexibility index (Phi) is 19.0. The van der Waals surface area contributed by atoms with Crippen LogP contribution in [0.15, 0.2) is 29.8 Å². The number of nitrogens with one attached hydrogen (secondary N) is 2. The smallest absolute Gasteiger partial charge is 0.305 e. The van der Waals surface area contributed by atoms with Crippen molar-refractivity contribution in [3.05, 3.63) is 41.0 Å². The van der Waals surface area contributed by atoms with Crippen molar-refractivity contribution in [3.8, 4) is 10.4 Å². The molecule has 2 heterocycles. The minimum Gasteiger partial charge on any atom is -0.481 e. The molecule has 1 aliphatic rings. The monoisotopic (exact) mass is 736 g/mol. The number of rotatable bonds is 25. The predicted octanol–water partition coefficient (Wildman–Crippen LogP) is 1.79. The average Bonchev–Trinajstić information content (AvgIpc) is 3.72. The molecule has 1 saturated heterocycles. The number of aliphatic hydroxyl groups is 1. The van der Waals surface area contributed by atoms with Crippen molar-refractivity contribution < 1.29 is 53.1 Å². The van der Waals surface area contributed by atoms with Gasteiger partial charge in [-0.05, 0) is 24.0 Å². The van der Waals surface area contributed by atoms with Gasteiger partial charge < -0.3 is 49.4 Å². The number of carboxylic acid groups (broad SMARTS) is 1. The summed E-state index contributed by atoms with van der Waals surface area (Å²) in [6.07, 6.45) is -0.724. The lowest BCUT2D eigenvalue weighted by Gasteiger charge is -2.30. The summed E-state index contributed by atoms with van der Waals surface area (Å²) in [5.41, 5.74) is 4.72. The Morgan fingerprint density at radius 2 is 1.43 bits per heavy atom. The van der Waals surface area contributed by atoms with Gasteiger partial charge in [0.05, 0.1) is 94.7 Å². The van der Waals surface area contributed by atoms with Crippen molar-refractivity contribution >= 4 is 35.0 Å². The van der Waals surface area contributed by atoms with Crippen molar-refractivity contribution in [3.63, 3.8) is 0 Å². The molecule has 284 valence electrons. The molecule has 0 spiro atoms. The number of nitrogens with zero attached hydrogens (tertiary/aromatic N) is 2. The van der Waals surface area contributed by atoms with Crippen LogP contribution in [0.25, 0.3) is 10.4 Å². The number of carbonyl (C=O) groups excluding carboxylic acids is 3. The van der Waals surface area contributed by atoms with E-state index in [4.69, 9.17) is 28.8 Å². The largest absolute Gasteiger partial charge is 0.481 e. The SMILES string of the molecule is Cc1ncsc1-c1ccc(CNC(=O)[C@@H]2C[C@@H](O)CN2C(=O)[C@@H](NC(=O)CCOCCOCCOCCOCCOCCC(=O)O)C(C)C)cc1. The molecule has 0 unspecified atom stereocenters. The number of hydrogen-bond donors (Lipinski definition) is 4. The van der Waals surface area contributed by atoms with Crippen molar-refractivity contribution in [1.82, 2.24) is 20.5 Å². The fourth-order valence-electron chi connectivity index (χ4n) is 5.21. The summed E-state index contributed by atoms with van der Waals surface area (Å²) in [7, 11) is 0. The van der Waals surface area contributed by atoms with E-state index in [0.29, 0.717) is 46.2 Å². The Morgan fingerprint density at radius 1 is 0.882 bits per heavy atom. The van der Waals surface area contributed by atoms with Gasteiger partial charge in [0.15, 0.2) is 0 Å². The number of aliphatic hydroxyl groups excluding tert-OH is 1. The van der Waals surface area contributed by atoms with Crippen molar-refractivity contribution in [2.45, 2.75) is 64.8 Å². The highest BCUT2D eigenvalue weighted by Gasteiger charge is 2.42. The second kappa shape index (κ2) is 23.1. The van der Waals surface area contributed by atoms with Crippen LogP contribution in [0.5, 0.6) is 0 Å². The lowest BCUT2D eigenvalue weighted by molar-refractivity contribution is -0.142. The number of thiazole rings is 1. The number of aromatic nitrogens is 1. The molecule has 16 heteroatoms. The van der Waals surface area contributed by atoms with Gasteiger partial charge in [-0.1, -0.05) is 38.1 Å². The first-order valence-electron chi connectivity index (χ1n) is 17.2. The van der Waals surface area contributed by atoms with Gasteiger partial charge in [0.1, 0.15) is 12.1 Å². The van der Waals surface area contributed by atoms with Gasteiger partial charge in [0, 0.05) is 25.9 Å². The fourth-order valence-corrected chi connectivity index (χ4v) is 6.02. The summed E-state index contributed by atoms with van der Waals surface area (Å²) >= 11 is 1.57. The number of carboxylic acids is 1. The molecule has 3 rings (SSSR count). The Morgan fingerprint density at radius 3 is 1.94 bits per heavy atom. The zero-order valence-corrected chi connectivity index (χ0v) is 30.5. The average molecular weight is 737 g/mol. The molecule has 4 N–H and O–H groups in total. The standard InChI is InChI=1S/C35H52N4O11S/c1-24(2)32(38-30(41)8-10-46-12-14-48-16-18-50-19-17-49-15-13-47-11-9-31(42)43)35(45)39-22-28(40)20-29(39)34(44)36-21-26-4-6-27(7-5-26)33-25(3)37-23-51-33/h4-7,23-24,28-29,32,40H,8-22H2,1-3H3,(H,36,44)(H,38,41)(H,42,43)/t28-,29+,32+/m1/s1. The van der Waals surface area contributed by atoms with Crippen molar-refractivity contribution in [2.75, 3.05) is 72.6 Å². The highest BCUT2D eigenvalue weighted by atomic mass is 32.1. The van der Waals surface area contributed by atoms with Crippen LogP contribution in [0.2, 0.25) is 0 Å². The van der Waals surface area contributed by atoms with E-state index >= 15 is 0 Å². The molecule has 15 nitrogen and oxygen atoms in total. The Labute approximate surface area is 302 Å². The quantitative estimate of drug-likeness (QED) is 0.108. The molecule has 1 fully saturated rings. The zero-order chi connectivity index (χ0) is 37.0. The summed E-state index contributed by atoms with van der Waals surface area (Å²) < 4.78 is 26.8. The van der Waals surface area contributed by atoms with Gasteiger partial charge in [-0.3, -0.25) is 19.2 Å². The highest BCUT2D eigenvalue weighted by Crippen LogP contribution is 2.27. The van der Waals surface area contributed by atoms with Gasteiger partial charge in [0.25, 0.3) is 0 Å². The van der Waals surface area contributed by atoms with Crippen LogP contribution in [0.3, 0.4) is 0 Å². The molecule has 0 radical (unpaired) electrons. The Hall–Kier alpha value is -3.51. The van der Waals surface area contributed by atoms with E-state index in [2.05, 4.69) is 15.6 Å². The maximum absolute atomic E-state index is 13.6. The van der Waals surface area contributed by atoms with Crippen LogP contribution >= 0.6 is 11.3 Å². The van der Waals surface area contributed by atoms with Crippen LogP contribution in [-0.2, 0) is 49.4 Å². The summed E-state index contributed by atoms with van der Waals surface area (Å²) in [5.74, 6) is -2.28. The number of amides is 3. The van der Waals surface area contributed by atoms with E-state index in [-0.39, 0.29) is 69.9 Å². The van der Waals surface area contributed by atoms with Crippen LogP contribution in [0.4, 0.5) is 0 Å². The normalized spacial score (nSPS) is 16.4. The van der Waals surface area contributed by atoms with Crippen LogP contribution in [-0.4, -0.2) is 135 Å². The third-order valence-electron chi connectivity index (χ3n) is 7.96. The maximum Gasteiger partial charge on any atom is 0.305 e. The first-order chi connectivity index (χ1) is 24.6. The van der Waals surface area contributed by atoms with Crippen LogP contribution in [0.1, 0.15) is 44.4 Å². The first-order valence-corrected chi connectivity index (χ1v) is 18.1. The number of carbonyl (C=O) groups is 4. The predicted molar refractivity (Wildman–Crippen MR) is 188 cm³/mol. The number of aliphatic carboxylic acids is 1. The zero-order valence-electron chi connectivity index (χ0n) is 29.7. The lowest BCUT2D eigenvalue weighted by Crippen LogP contribution is -2.55. The Bertz CT molecular complexity index is 1360. The fraction of sp³-hybridized carbons (Fsp3) is 0.629. The number of hydrogen-bond acceptors (Lipinski definition) is 12. The summed E-state index contributed by atoms with van der Waals surface area (Å²) in [4.78, 5) is 56.7.